The minimum Gasteiger partial charge on any atom is -0.508 e. The summed E-state index contributed by atoms with van der Waals surface area (Å²) in [6, 6.07) is 10.6. The van der Waals surface area contributed by atoms with Crippen LogP contribution in [-0.2, 0) is 76.8 Å². The van der Waals surface area contributed by atoms with Crippen molar-refractivity contribution in [3.8, 4) is 5.75 Å². The Hall–Kier alpha value is -9.04. The molecule has 0 saturated carbocycles. The average molecular weight is 1220 g/mol. The van der Waals surface area contributed by atoms with E-state index in [2.05, 4.69) is 42.5 Å². The molecule has 1 heterocycles. The molecule has 1 aliphatic rings. The van der Waals surface area contributed by atoms with Gasteiger partial charge in [0.25, 0.3) is 0 Å². The van der Waals surface area contributed by atoms with Crippen molar-refractivity contribution in [3.63, 3.8) is 0 Å². The van der Waals surface area contributed by atoms with Gasteiger partial charge in [-0.25, -0.2) is 0 Å². The van der Waals surface area contributed by atoms with Crippen LogP contribution >= 0.6 is 0 Å². The van der Waals surface area contributed by atoms with Gasteiger partial charge in [0.2, 0.25) is 65.0 Å². The maximum absolute atomic E-state index is 14.8. The number of phenols is 1. The van der Waals surface area contributed by atoms with E-state index in [0.29, 0.717) is 17.4 Å². The van der Waals surface area contributed by atoms with Gasteiger partial charge in [-0.05, 0) is 91.6 Å². The third-order valence-electron chi connectivity index (χ3n) is 14.4. The number of benzene rings is 3. The second-order valence-corrected chi connectivity index (χ2v) is 23.0. The topological polar surface area (TPSA) is 429 Å². The van der Waals surface area contributed by atoms with E-state index < -0.39 is 150 Å². The van der Waals surface area contributed by atoms with E-state index in [1.807, 2.05) is 44.2 Å². The summed E-state index contributed by atoms with van der Waals surface area (Å²) in [6.07, 6.45) is 2.60. The van der Waals surface area contributed by atoms with Crippen molar-refractivity contribution in [3.05, 3.63) is 114 Å². The Morgan fingerprint density at radius 1 is 0.557 bits per heavy atom. The lowest BCUT2D eigenvalue weighted by atomic mass is 9.98. The fourth-order valence-corrected chi connectivity index (χ4v) is 9.65. The van der Waals surface area contributed by atoms with Crippen LogP contribution in [0.5, 0.6) is 5.75 Å². The number of nitrogens with one attached hydrogen (secondary N) is 8. The molecule has 88 heavy (non-hydrogen) atoms. The number of carbonyl (C=O) groups is 12. The SMILES string of the molecule is CC(C)C[C@H](NC(=O)[C@H](CCCN)NC(=O)[C@@H](NC(=O)[C@H](Cc1ccc(O)cc1)NC(=O)[C@H](CCC(N)=O)NC(=O)[C@@H](N)CC(N)=O)C(C)C)C(=O)N[C@H](Cc1ccccc1)C(=O)N1C=CC[C@@H]1C(=O)N[C@H](C(=O)N[C@@H](C=O)Cc1ccccc1)C(C)C. The molecule has 26 heteroatoms. The maximum atomic E-state index is 14.8. The number of amides is 11. The average Bonchev–Trinajstić information content (AvgIpc) is 4.21. The number of aldehydes is 1. The largest absolute Gasteiger partial charge is 0.508 e. The van der Waals surface area contributed by atoms with Crippen LogP contribution in [0.4, 0.5) is 0 Å². The van der Waals surface area contributed by atoms with Gasteiger partial charge in [-0.1, -0.05) is 120 Å². The zero-order chi connectivity index (χ0) is 65.2. The van der Waals surface area contributed by atoms with Crippen LogP contribution in [0.3, 0.4) is 0 Å². The monoisotopic (exact) mass is 1220 g/mol. The first-order chi connectivity index (χ1) is 41.7. The van der Waals surface area contributed by atoms with Crippen LogP contribution in [0.1, 0.15) is 103 Å². The van der Waals surface area contributed by atoms with Crippen LogP contribution in [0, 0.1) is 17.8 Å². The number of aromatic hydroxyl groups is 1. The molecule has 26 nitrogen and oxygen atoms in total. The van der Waals surface area contributed by atoms with Crippen molar-refractivity contribution in [1.82, 2.24) is 47.4 Å². The summed E-state index contributed by atoms with van der Waals surface area (Å²) >= 11 is 0. The molecule has 0 fully saturated rings. The minimum absolute atomic E-state index is 0.0333. The van der Waals surface area contributed by atoms with Gasteiger partial charge in [-0.15, -0.1) is 0 Å². The molecule has 0 bridgehead atoms. The van der Waals surface area contributed by atoms with Gasteiger partial charge in [0.1, 0.15) is 60.4 Å². The van der Waals surface area contributed by atoms with E-state index in [1.54, 1.807) is 64.1 Å². The van der Waals surface area contributed by atoms with Gasteiger partial charge in [-0.3, -0.25) is 52.7 Å². The van der Waals surface area contributed by atoms with E-state index in [4.69, 9.17) is 22.9 Å². The normalized spacial score (nSPS) is 15.9. The lowest BCUT2D eigenvalue weighted by Gasteiger charge is -2.31. The second kappa shape index (κ2) is 35.6. The van der Waals surface area contributed by atoms with Crippen LogP contribution in [0.15, 0.2) is 97.2 Å². The van der Waals surface area contributed by atoms with Gasteiger partial charge in [0.05, 0.1) is 18.5 Å². The first-order valence-electron chi connectivity index (χ1n) is 29.5. The first-order valence-corrected chi connectivity index (χ1v) is 29.5. The number of hydrogen-bond acceptors (Lipinski definition) is 15. The summed E-state index contributed by atoms with van der Waals surface area (Å²) in [5.41, 5.74) is 24.2. The first kappa shape index (κ1) is 71.4. The molecule has 478 valence electrons. The number of carbonyl (C=O) groups excluding carboxylic acids is 12. The Balaban J connectivity index is 1.57. The number of hydrogen-bond donors (Lipinski definition) is 13. The lowest BCUT2D eigenvalue weighted by molar-refractivity contribution is -0.141. The van der Waals surface area contributed by atoms with Crippen molar-refractivity contribution in [1.29, 1.82) is 0 Å². The van der Waals surface area contributed by atoms with Gasteiger partial charge in [-0.2, -0.15) is 0 Å². The molecule has 3 aromatic carbocycles. The molecule has 17 N–H and O–H groups in total. The number of primary amides is 2. The predicted molar refractivity (Wildman–Crippen MR) is 326 cm³/mol. The zero-order valence-electron chi connectivity index (χ0n) is 50.7. The van der Waals surface area contributed by atoms with Crippen molar-refractivity contribution < 1.29 is 62.6 Å². The highest BCUT2D eigenvalue weighted by Gasteiger charge is 2.40. The quantitative estimate of drug-likeness (QED) is 0.0316. The Morgan fingerprint density at radius 3 is 1.58 bits per heavy atom. The summed E-state index contributed by atoms with van der Waals surface area (Å²) in [6.45, 7) is 10.4. The van der Waals surface area contributed by atoms with Crippen molar-refractivity contribution in [2.24, 2.45) is 40.7 Å². The molecule has 3 aromatic rings. The van der Waals surface area contributed by atoms with Crippen LogP contribution < -0.4 is 65.5 Å². The number of nitrogens with two attached hydrogens (primary N) is 4. The zero-order valence-corrected chi connectivity index (χ0v) is 50.7. The van der Waals surface area contributed by atoms with Gasteiger partial charge in [0.15, 0.2) is 0 Å². The Labute approximate surface area is 512 Å². The van der Waals surface area contributed by atoms with Gasteiger partial charge < -0.3 is 80.3 Å². The van der Waals surface area contributed by atoms with Crippen LogP contribution in [-0.4, -0.2) is 148 Å². The lowest BCUT2D eigenvalue weighted by Crippen LogP contribution is -2.61. The number of phenolic OH excluding ortho intramolecular Hbond substituents is 1. The second-order valence-electron chi connectivity index (χ2n) is 23.0. The molecular weight excluding hydrogens is 1130 g/mol. The molecule has 4 rings (SSSR count). The van der Waals surface area contributed by atoms with E-state index in [1.165, 1.54) is 35.4 Å². The predicted octanol–water partition coefficient (Wildman–Crippen LogP) is -0.823. The highest BCUT2D eigenvalue weighted by atomic mass is 16.3. The smallest absolute Gasteiger partial charge is 0.250 e. The Morgan fingerprint density at radius 2 is 1.03 bits per heavy atom. The van der Waals surface area contributed by atoms with Crippen molar-refractivity contribution in [2.75, 3.05) is 6.54 Å². The molecule has 10 atom stereocenters. The summed E-state index contributed by atoms with van der Waals surface area (Å²) in [5.74, 6) is -10.3. The van der Waals surface area contributed by atoms with Gasteiger partial charge >= 0.3 is 0 Å². The number of nitrogens with zero attached hydrogens (tertiary/aromatic N) is 1. The number of rotatable bonds is 36. The molecule has 1 aliphatic heterocycles. The fraction of sp³-hybridized carbons (Fsp3) is 0.484. The summed E-state index contributed by atoms with van der Waals surface area (Å²) in [7, 11) is 0. The molecule has 0 saturated heterocycles. The molecule has 0 aromatic heterocycles. The Kier molecular flexibility index (Phi) is 28.9. The molecule has 0 spiro atoms. The summed E-state index contributed by atoms with van der Waals surface area (Å²) in [4.78, 5) is 164. The maximum Gasteiger partial charge on any atom is 0.250 e. The van der Waals surface area contributed by atoms with E-state index in [0.717, 1.165) is 5.56 Å². The molecular formula is C62H87N13O13. The van der Waals surface area contributed by atoms with E-state index >= 15 is 0 Å². The molecule has 0 aliphatic carbocycles. The molecule has 0 radical (unpaired) electrons. The Bertz CT molecular complexity index is 2910. The van der Waals surface area contributed by atoms with E-state index in [-0.39, 0.29) is 69.6 Å². The summed E-state index contributed by atoms with van der Waals surface area (Å²) in [5, 5.41) is 31.4. The minimum atomic E-state index is -1.51. The van der Waals surface area contributed by atoms with Gasteiger partial charge in [0, 0.05) is 25.5 Å². The van der Waals surface area contributed by atoms with Crippen LogP contribution in [0.25, 0.3) is 0 Å². The highest BCUT2D eigenvalue weighted by molar-refractivity contribution is 5.99. The highest BCUT2D eigenvalue weighted by Crippen LogP contribution is 2.20. The van der Waals surface area contributed by atoms with E-state index in [9.17, 15) is 62.6 Å². The fourth-order valence-electron chi connectivity index (χ4n) is 9.65. The van der Waals surface area contributed by atoms with Crippen molar-refractivity contribution >= 4 is 71.3 Å². The third-order valence-corrected chi connectivity index (χ3v) is 14.4. The third kappa shape index (κ3) is 23.3. The van der Waals surface area contributed by atoms with Crippen molar-refractivity contribution in [2.45, 2.75) is 166 Å². The summed E-state index contributed by atoms with van der Waals surface area (Å²) < 4.78 is 0. The molecule has 0 unspecified atom stereocenters. The van der Waals surface area contributed by atoms with Crippen LogP contribution in [0.2, 0.25) is 0 Å². The molecule has 11 amide bonds. The standard InChI is InChI=1S/C62H87N13O13/c1-35(2)29-46(57(83)72-48(32-39-17-11-8-12-18-39)62(88)75-28-14-20-49(75)59(85)74-52(36(3)4)60(86)67-41(34-76)30-38-15-9-7-10-16-38)70-55(81)44(19-13-27-63)69-61(87)53(37(5)6)73-58(84)47(31-40-21-23-42(77)24-22-40)71-56(82)45(25-26-50(65)78)68-54(80)43(64)33-51(66)79/h7-12,14-18,21-24,28,34-37,41,43-49,52-53,77H,13,19-20,25-27,29-33,63-64H2,1-6H3,(H2,65,78)(H2,66,79)(H,67,86)(H,68,80)(H,69,87)(H,70,81)(H,71,82)(H,72,83)(H,73,84)(H,74,85)/t41-,43+,44+,45+,46+,47+,48-,49-,52+,53+/m1/s1.